The van der Waals surface area contributed by atoms with Crippen molar-refractivity contribution in [3.63, 3.8) is 0 Å². The standard InChI is InChI=1S/C24H27N3O3/c1-17(20-5-4-14-25-15-20)26-16-23(28)27-24(18-6-10-21(29-2)11-7-18)19-8-12-22(30-3)13-9-19/h4-15,17,24,26H,16H2,1-3H3,(H,27,28). The van der Waals surface area contributed by atoms with Gasteiger partial charge < -0.3 is 20.1 Å². The van der Waals surface area contributed by atoms with E-state index in [0.717, 1.165) is 28.2 Å². The number of aromatic nitrogens is 1. The second kappa shape index (κ2) is 10.4. The van der Waals surface area contributed by atoms with E-state index >= 15 is 0 Å². The third-order valence-corrected chi connectivity index (χ3v) is 4.96. The summed E-state index contributed by atoms with van der Waals surface area (Å²) in [6.07, 6.45) is 3.53. The summed E-state index contributed by atoms with van der Waals surface area (Å²) >= 11 is 0. The molecule has 156 valence electrons. The van der Waals surface area contributed by atoms with Crippen LogP contribution in [0.15, 0.2) is 73.1 Å². The lowest BCUT2D eigenvalue weighted by molar-refractivity contribution is -0.120. The molecule has 0 spiro atoms. The smallest absolute Gasteiger partial charge is 0.234 e. The zero-order valence-electron chi connectivity index (χ0n) is 17.5. The number of carbonyl (C=O) groups is 1. The van der Waals surface area contributed by atoms with E-state index in [0.29, 0.717) is 0 Å². The Morgan fingerprint density at radius 1 is 0.900 bits per heavy atom. The predicted molar refractivity (Wildman–Crippen MR) is 117 cm³/mol. The molecule has 6 heteroatoms. The van der Waals surface area contributed by atoms with Gasteiger partial charge in [0.15, 0.2) is 0 Å². The zero-order chi connectivity index (χ0) is 21.3. The van der Waals surface area contributed by atoms with Gasteiger partial charge in [-0.3, -0.25) is 9.78 Å². The molecule has 0 radical (unpaired) electrons. The minimum absolute atomic E-state index is 0.0184. The fraction of sp³-hybridized carbons (Fsp3) is 0.250. The molecule has 3 rings (SSSR count). The van der Waals surface area contributed by atoms with Gasteiger partial charge in [0.1, 0.15) is 11.5 Å². The van der Waals surface area contributed by atoms with Crippen LogP contribution >= 0.6 is 0 Å². The Balaban J connectivity index is 1.73. The average Bonchev–Trinajstić information content (AvgIpc) is 2.81. The van der Waals surface area contributed by atoms with Gasteiger partial charge in [0.2, 0.25) is 5.91 Å². The first-order valence-corrected chi connectivity index (χ1v) is 9.81. The van der Waals surface area contributed by atoms with Crippen LogP contribution in [0.2, 0.25) is 0 Å². The van der Waals surface area contributed by atoms with Crippen LogP contribution in [0.3, 0.4) is 0 Å². The summed E-state index contributed by atoms with van der Waals surface area (Å²) < 4.78 is 10.5. The SMILES string of the molecule is COc1ccc(C(NC(=O)CNC(C)c2cccnc2)c2ccc(OC)cc2)cc1. The number of ether oxygens (including phenoxy) is 2. The molecule has 0 aliphatic heterocycles. The second-order valence-electron chi connectivity index (χ2n) is 6.94. The molecule has 1 heterocycles. The molecular weight excluding hydrogens is 378 g/mol. The summed E-state index contributed by atoms with van der Waals surface area (Å²) in [5.41, 5.74) is 2.97. The highest BCUT2D eigenvalue weighted by atomic mass is 16.5. The van der Waals surface area contributed by atoms with Gasteiger partial charge in [0, 0.05) is 18.4 Å². The van der Waals surface area contributed by atoms with Crippen LogP contribution in [0.25, 0.3) is 0 Å². The molecule has 1 atom stereocenters. The molecule has 0 aliphatic rings. The number of amides is 1. The van der Waals surface area contributed by atoms with Crippen molar-refractivity contribution >= 4 is 5.91 Å². The van der Waals surface area contributed by atoms with Crippen LogP contribution in [0, 0.1) is 0 Å². The maximum absolute atomic E-state index is 12.7. The summed E-state index contributed by atoms with van der Waals surface area (Å²) in [6, 6.07) is 19.0. The summed E-state index contributed by atoms with van der Waals surface area (Å²) in [5, 5.41) is 6.38. The van der Waals surface area contributed by atoms with Crippen molar-refractivity contribution in [2.75, 3.05) is 20.8 Å². The maximum Gasteiger partial charge on any atom is 0.234 e. The van der Waals surface area contributed by atoms with Crippen molar-refractivity contribution in [3.8, 4) is 11.5 Å². The number of carbonyl (C=O) groups excluding carboxylic acids is 1. The molecule has 30 heavy (non-hydrogen) atoms. The topological polar surface area (TPSA) is 72.5 Å². The monoisotopic (exact) mass is 405 g/mol. The first-order valence-electron chi connectivity index (χ1n) is 9.81. The van der Waals surface area contributed by atoms with Gasteiger partial charge in [-0.1, -0.05) is 30.3 Å². The molecule has 1 amide bonds. The summed E-state index contributed by atoms with van der Waals surface area (Å²) in [4.78, 5) is 16.9. The van der Waals surface area contributed by atoms with Crippen LogP contribution in [0.1, 0.15) is 35.7 Å². The van der Waals surface area contributed by atoms with Crippen LogP contribution in [0.4, 0.5) is 0 Å². The fourth-order valence-electron chi connectivity index (χ4n) is 3.16. The van der Waals surface area contributed by atoms with Crippen molar-refractivity contribution in [2.24, 2.45) is 0 Å². The first-order chi connectivity index (χ1) is 14.6. The fourth-order valence-corrected chi connectivity index (χ4v) is 3.16. The molecule has 0 bridgehead atoms. The number of nitrogens with one attached hydrogen (secondary N) is 2. The predicted octanol–water partition coefficient (Wildman–Crippen LogP) is 3.66. The maximum atomic E-state index is 12.7. The van der Waals surface area contributed by atoms with E-state index in [-0.39, 0.29) is 24.5 Å². The number of methoxy groups -OCH3 is 2. The average molecular weight is 405 g/mol. The highest BCUT2D eigenvalue weighted by Crippen LogP contribution is 2.26. The van der Waals surface area contributed by atoms with E-state index in [2.05, 4.69) is 15.6 Å². The molecule has 0 fully saturated rings. The Labute approximate surface area is 177 Å². The highest BCUT2D eigenvalue weighted by Gasteiger charge is 2.18. The van der Waals surface area contributed by atoms with Crippen molar-refractivity contribution in [3.05, 3.63) is 89.7 Å². The van der Waals surface area contributed by atoms with Gasteiger partial charge in [-0.25, -0.2) is 0 Å². The number of pyridine rings is 1. The zero-order valence-corrected chi connectivity index (χ0v) is 17.5. The van der Waals surface area contributed by atoms with E-state index in [1.165, 1.54) is 0 Å². The normalized spacial score (nSPS) is 11.7. The Morgan fingerprint density at radius 2 is 1.47 bits per heavy atom. The molecule has 1 aromatic heterocycles. The number of hydrogen-bond donors (Lipinski definition) is 2. The van der Waals surface area contributed by atoms with Gasteiger partial charge in [-0.15, -0.1) is 0 Å². The largest absolute Gasteiger partial charge is 0.497 e. The molecule has 2 N–H and O–H groups in total. The van der Waals surface area contributed by atoms with E-state index < -0.39 is 0 Å². The molecule has 6 nitrogen and oxygen atoms in total. The summed E-state index contributed by atoms with van der Waals surface area (Å²) in [5.74, 6) is 1.44. The lowest BCUT2D eigenvalue weighted by atomic mass is 9.98. The number of rotatable bonds is 9. The minimum Gasteiger partial charge on any atom is -0.497 e. The van der Waals surface area contributed by atoms with Crippen molar-refractivity contribution in [2.45, 2.75) is 19.0 Å². The minimum atomic E-state index is -0.287. The summed E-state index contributed by atoms with van der Waals surface area (Å²) in [6.45, 7) is 2.20. The Hall–Kier alpha value is -3.38. The molecule has 0 saturated carbocycles. The van der Waals surface area contributed by atoms with Crippen LogP contribution in [-0.4, -0.2) is 31.7 Å². The molecule has 0 saturated heterocycles. The quantitative estimate of drug-likeness (QED) is 0.569. The summed E-state index contributed by atoms with van der Waals surface area (Å²) in [7, 11) is 3.26. The van der Waals surface area contributed by atoms with E-state index in [1.807, 2.05) is 67.6 Å². The Morgan fingerprint density at radius 3 is 1.93 bits per heavy atom. The van der Waals surface area contributed by atoms with Crippen molar-refractivity contribution in [1.29, 1.82) is 0 Å². The molecule has 0 aliphatic carbocycles. The van der Waals surface area contributed by atoms with Gasteiger partial charge >= 0.3 is 0 Å². The highest BCUT2D eigenvalue weighted by molar-refractivity contribution is 5.79. The van der Waals surface area contributed by atoms with Crippen molar-refractivity contribution in [1.82, 2.24) is 15.6 Å². The van der Waals surface area contributed by atoms with Crippen molar-refractivity contribution < 1.29 is 14.3 Å². The lowest BCUT2D eigenvalue weighted by Crippen LogP contribution is -2.37. The second-order valence-corrected chi connectivity index (χ2v) is 6.94. The van der Waals surface area contributed by atoms with Gasteiger partial charge in [-0.2, -0.15) is 0 Å². The Kier molecular flexibility index (Phi) is 7.40. The first kappa shape index (κ1) is 21.3. The van der Waals surface area contributed by atoms with E-state index in [4.69, 9.17) is 9.47 Å². The third-order valence-electron chi connectivity index (χ3n) is 4.96. The molecular formula is C24H27N3O3. The van der Waals surface area contributed by atoms with Crippen LogP contribution in [-0.2, 0) is 4.79 Å². The number of hydrogen-bond acceptors (Lipinski definition) is 5. The number of nitrogens with zero attached hydrogens (tertiary/aromatic N) is 1. The van der Waals surface area contributed by atoms with E-state index in [1.54, 1.807) is 26.6 Å². The van der Waals surface area contributed by atoms with E-state index in [9.17, 15) is 4.79 Å². The third kappa shape index (κ3) is 5.58. The van der Waals surface area contributed by atoms with Gasteiger partial charge in [-0.05, 0) is 53.9 Å². The van der Waals surface area contributed by atoms with Crippen LogP contribution < -0.4 is 20.1 Å². The van der Waals surface area contributed by atoms with Gasteiger partial charge in [0.25, 0.3) is 0 Å². The molecule has 1 unspecified atom stereocenters. The Bertz CT molecular complexity index is 881. The van der Waals surface area contributed by atoms with Gasteiger partial charge in [0.05, 0.1) is 26.8 Å². The number of benzene rings is 2. The van der Waals surface area contributed by atoms with Crippen LogP contribution in [0.5, 0.6) is 11.5 Å². The molecule has 2 aromatic carbocycles. The molecule has 3 aromatic rings. The lowest BCUT2D eigenvalue weighted by Gasteiger charge is -2.21.